The van der Waals surface area contributed by atoms with E-state index in [9.17, 15) is 0 Å². The summed E-state index contributed by atoms with van der Waals surface area (Å²) in [5.74, 6) is 0. The SMILES string of the molecule is CCNCc1cc(Br)ccc1N(C)C(C)C(C)(C)C. The highest BCUT2D eigenvalue weighted by molar-refractivity contribution is 9.10. The number of anilines is 1. The first-order chi connectivity index (χ1) is 8.77. The zero-order chi connectivity index (χ0) is 14.6. The second-order valence-electron chi connectivity index (χ2n) is 6.21. The molecule has 0 aliphatic rings. The highest BCUT2D eigenvalue weighted by Crippen LogP contribution is 2.31. The molecule has 1 aromatic rings. The van der Waals surface area contributed by atoms with E-state index < -0.39 is 0 Å². The van der Waals surface area contributed by atoms with Crippen molar-refractivity contribution in [1.82, 2.24) is 5.32 Å². The first-order valence-electron chi connectivity index (χ1n) is 6.99. The highest BCUT2D eigenvalue weighted by Gasteiger charge is 2.25. The lowest BCUT2D eigenvalue weighted by atomic mass is 9.86. The lowest BCUT2D eigenvalue weighted by Gasteiger charge is -2.38. The van der Waals surface area contributed by atoms with Crippen molar-refractivity contribution < 1.29 is 0 Å². The molecule has 0 saturated heterocycles. The fourth-order valence-electron chi connectivity index (χ4n) is 2.09. The third-order valence-corrected chi connectivity index (χ3v) is 4.31. The van der Waals surface area contributed by atoms with Crippen molar-refractivity contribution in [2.45, 2.75) is 47.2 Å². The Hall–Kier alpha value is -0.540. The number of benzene rings is 1. The molecule has 1 rings (SSSR count). The maximum absolute atomic E-state index is 3.57. The molecule has 2 nitrogen and oxygen atoms in total. The van der Waals surface area contributed by atoms with E-state index in [1.807, 2.05) is 0 Å². The van der Waals surface area contributed by atoms with E-state index >= 15 is 0 Å². The van der Waals surface area contributed by atoms with Crippen LogP contribution in [0.5, 0.6) is 0 Å². The fourth-order valence-corrected chi connectivity index (χ4v) is 2.50. The van der Waals surface area contributed by atoms with Crippen LogP contribution in [0, 0.1) is 5.41 Å². The molecule has 0 bridgehead atoms. The summed E-state index contributed by atoms with van der Waals surface area (Å²) in [6.45, 7) is 13.2. The van der Waals surface area contributed by atoms with Crippen LogP contribution in [0.1, 0.15) is 40.2 Å². The molecule has 108 valence electrons. The monoisotopic (exact) mass is 326 g/mol. The van der Waals surface area contributed by atoms with Crippen molar-refractivity contribution in [3.8, 4) is 0 Å². The van der Waals surface area contributed by atoms with Gasteiger partial charge in [0.25, 0.3) is 0 Å². The fraction of sp³-hybridized carbons (Fsp3) is 0.625. The van der Waals surface area contributed by atoms with Crippen LogP contribution < -0.4 is 10.2 Å². The third kappa shape index (κ3) is 4.50. The normalized spacial score (nSPS) is 13.4. The molecule has 0 saturated carbocycles. The number of nitrogens with one attached hydrogen (secondary N) is 1. The smallest absolute Gasteiger partial charge is 0.0412 e. The number of hydrogen-bond donors (Lipinski definition) is 1. The van der Waals surface area contributed by atoms with Gasteiger partial charge in [-0.05, 0) is 42.6 Å². The molecule has 1 aromatic carbocycles. The van der Waals surface area contributed by atoms with Crippen molar-refractivity contribution in [1.29, 1.82) is 0 Å². The Morgan fingerprint density at radius 2 is 1.95 bits per heavy atom. The highest BCUT2D eigenvalue weighted by atomic mass is 79.9. The van der Waals surface area contributed by atoms with Gasteiger partial charge in [-0.1, -0.05) is 43.6 Å². The molecule has 19 heavy (non-hydrogen) atoms. The molecule has 0 heterocycles. The van der Waals surface area contributed by atoms with Gasteiger partial charge in [0.05, 0.1) is 0 Å². The Labute approximate surface area is 126 Å². The van der Waals surface area contributed by atoms with Crippen molar-refractivity contribution in [3.05, 3.63) is 28.2 Å². The Morgan fingerprint density at radius 3 is 2.47 bits per heavy atom. The molecule has 0 spiro atoms. The van der Waals surface area contributed by atoms with E-state index in [0.29, 0.717) is 6.04 Å². The summed E-state index contributed by atoms with van der Waals surface area (Å²) in [4.78, 5) is 2.39. The molecule has 1 unspecified atom stereocenters. The van der Waals surface area contributed by atoms with E-state index in [0.717, 1.165) is 17.6 Å². The molecular formula is C16H27BrN2. The standard InChI is InChI=1S/C16H27BrN2/c1-7-18-11-13-10-14(17)8-9-15(13)19(6)12(2)16(3,4)5/h8-10,12,18H,7,11H2,1-6H3. The summed E-state index contributed by atoms with van der Waals surface area (Å²) in [6.07, 6.45) is 0. The Morgan fingerprint density at radius 1 is 1.32 bits per heavy atom. The summed E-state index contributed by atoms with van der Waals surface area (Å²) in [5.41, 5.74) is 2.92. The van der Waals surface area contributed by atoms with Gasteiger partial charge < -0.3 is 10.2 Å². The lowest BCUT2D eigenvalue weighted by molar-refractivity contribution is 0.329. The van der Waals surface area contributed by atoms with E-state index in [2.05, 4.69) is 86.0 Å². The van der Waals surface area contributed by atoms with Gasteiger partial charge in [0.2, 0.25) is 0 Å². The Bertz CT molecular complexity index is 410. The van der Waals surface area contributed by atoms with Gasteiger partial charge in [-0.15, -0.1) is 0 Å². The van der Waals surface area contributed by atoms with Crippen LogP contribution in [0.3, 0.4) is 0 Å². The van der Waals surface area contributed by atoms with Crippen LogP contribution in [0.15, 0.2) is 22.7 Å². The van der Waals surface area contributed by atoms with Crippen molar-refractivity contribution in [2.24, 2.45) is 5.41 Å². The summed E-state index contributed by atoms with van der Waals surface area (Å²) >= 11 is 3.57. The maximum Gasteiger partial charge on any atom is 0.0412 e. The molecule has 1 N–H and O–H groups in total. The van der Waals surface area contributed by atoms with Crippen molar-refractivity contribution >= 4 is 21.6 Å². The minimum absolute atomic E-state index is 0.261. The van der Waals surface area contributed by atoms with Crippen molar-refractivity contribution in [3.63, 3.8) is 0 Å². The quantitative estimate of drug-likeness (QED) is 0.861. The van der Waals surface area contributed by atoms with Gasteiger partial charge in [-0.3, -0.25) is 0 Å². The second kappa shape index (κ2) is 6.76. The van der Waals surface area contributed by atoms with Crippen LogP contribution in [0.2, 0.25) is 0 Å². The van der Waals surface area contributed by atoms with Gasteiger partial charge in [-0.25, -0.2) is 0 Å². The minimum atomic E-state index is 0.261. The maximum atomic E-state index is 3.57. The van der Waals surface area contributed by atoms with Crippen LogP contribution in [-0.2, 0) is 6.54 Å². The van der Waals surface area contributed by atoms with Crippen LogP contribution in [0.4, 0.5) is 5.69 Å². The van der Waals surface area contributed by atoms with E-state index in [4.69, 9.17) is 0 Å². The van der Waals surface area contributed by atoms with Crippen LogP contribution in [0.25, 0.3) is 0 Å². The minimum Gasteiger partial charge on any atom is -0.371 e. The molecule has 0 fully saturated rings. The van der Waals surface area contributed by atoms with Gasteiger partial charge in [0.1, 0.15) is 0 Å². The van der Waals surface area contributed by atoms with Crippen LogP contribution >= 0.6 is 15.9 Å². The molecule has 3 heteroatoms. The van der Waals surface area contributed by atoms with E-state index in [1.165, 1.54) is 11.3 Å². The van der Waals surface area contributed by atoms with Crippen molar-refractivity contribution in [2.75, 3.05) is 18.5 Å². The van der Waals surface area contributed by atoms with Gasteiger partial charge in [0, 0.05) is 29.8 Å². The largest absolute Gasteiger partial charge is 0.371 e. The summed E-state index contributed by atoms with van der Waals surface area (Å²) in [6, 6.07) is 7.02. The summed E-state index contributed by atoms with van der Waals surface area (Å²) in [7, 11) is 2.19. The predicted octanol–water partition coefficient (Wildman–Crippen LogP) is 4.43. The second-order valence-corrected chi connectivity index (χ2v) is 7.12. The Balaban J connectivity index is 3.04. The first-order valence-corrected chi connectivity index (χ1v) is 7.78. The molecule has 0 aliphatic heterocycles. The average Bonchev–Trinajstić information content (AvgIpc) is 2.33. The molecule has 0 aliphatic carbocycles. The molecule has 1 atom stereocenters. The number of nitrogens with zero attached hydrogens (tertiary/aromatic N) is 1. The number of rotatable bonds is 5. The molecule has 0 aromatic heterocycles. The topological polar surface area (TPSA) is 15.3 Å². The molecule has 0 radical (unpaired) electrons. The zero-order valence-corrected chi connectivity index (χ0v) is 14.6. The van der Waals surface area contributed by atoms with Gasteiger partial charge in [0.15, 0.2) is 0 Å². The lowest BCUT2D eigenvalue weighted by Crippen LogP contribution is -2.40. The number of hydrogen-bond acceptors (Lipinski definition) is 2. The van der Waals surface area contributed by atoms with E-state index in [-0.39, 0.29) is 5.41 Å². The van der Waals surface area contributed by atoms with Crippen LogP contribution in [-0.4, -0.2) is 19.6 Å². The molecule has 0 amide bonds. The average molecular weight is 327 g/mol. The third-order valence-electron chi connectivity index (χ3n) is 3.82. The zero-order valence-electron chi connectivity index (χ0n) is 13.0. The first kappa shape index (κ1) is 16.5. The Kier molecular flexibility index (Phi) is 5.87. The van der Waals surface area contributed by atoms with Gasteiger partial charge in [-0.2, -0.15) is 0 Å². The summed E-state index contributed by atoms with van der Waals surface area (Å²) in [5, 5.41) is 3.42. The van der Waals surface area contributed by atoms with Gasteiger partial charge >= 0.3 is 0 Å². The number of halogens is 1. The van der Waals surface area contributed by atoms with E-state index in [1.54, 1.807) is 0 Å². The predicted molar refractivity (Wildman–Crippen MR) is 88.8 cm³/mol. The molecular weight excluding hydrogens is 300 g/mol. The summed E-state index contributed by atoms with van der Waals surface area (Å²) < 4.78 is 1.14.